The van der Waals surface area contributed by atoms with Crippen LogP contribution in [0.3, 0.4) is 0 Å². The van der Waals surface area contributed by atoms with Crippen LogP contribution < -0.4 is 15.4 Å². The van der Waals surface area contributed by atoms with Crippen molar-refractivity contribution in [3.05, 3.63) is 70.9 Å². The zero-order valence-electron chi connectivity index (χ0n) is 28.0. The number of carbonyl (C=O) groups excluding carboxylic acids is 1. The fraction of sp³-hybridized carbons (Fsp3) is 0.500. The van der Waals surface area contributed by atoms with Crippen LogP contribution in [0.15, 0.2) is 42.5 Å². The molecule has 0 spiro atoms. The van der Waals surface area contributed by atoms with E-state index < -0.39 is 11.4 Å². The first-order chi connectivity index (χ1) is 20.9. The highest BCUT2D eigenvalue weighted by Gasteiger charge is 2.31. The fourth-order valence-electron chi connectivity index (χ4n) is 5.08. The molecule has 3 N–H and O–H groups in total. The normalized spacial score (nSPS) is 14.5. The molecule has 9 heteroatoms. The first kappa shape index (κ1) is 35.8. The molecule has 1 aliphatic heterocycles. The summed E-state index contributed by atoms with van der Waals surface area (Å²) in [4.78, 5) is 19.6. The second-order valence-electron chi connectivity index (χ2n) is 13.7. The molecule has 246 valence electrons. The fourth-order valence-corrected chi connectivity index (χ4v) is 5.08. The molecule has 4 rings (SSSR count). The van der Waals surface area contributed by atoms with Crippen molar-refractivity contribution in [2.45, 2.75) is 92.8 Å². The number of ether oxygens (including phenoxy) is 2. The Balaban J connectivity index is 0.00000102. The molecule has 1 saturated heterocycles. The van der Waals surface area contributed by atoms with Crippen LogP contribution in [0.2, 0.25) is 0 Å². The van der Waals surface area contributed by atoms with Gasteiger partial charge in [0.25, 0.3) is 0 Å². The summed E-state index contributed by atoms with van der Waals surface area (Å²) in [5, 5.41) is 8.52. The van der Waals surface area contributed by atoms with E-state index in [2.05, 4.69) is 23.7 Å². The van der Waals surface area contributed by atoms with E-state index >= 15 is 4.39 Å². The standard InChI is InChI=1S/C32H39F2N3O3.C4H10O/c1-20(2)40-28(38)19-25-21(3)36-31(35)29(30(25)37-15-13-32(4,5)14-16-37)23-8-11-27(26(34)18-23)39-17-12-22-6-9-24(33)10-7-22;1-4(2,3)5/h6-11,18,20H,12-17,19H2,1-5H3,(H2,35,36);5H,1-3H3. The van der Waals surface area contributed by atoms with Crippen LogP contribution in [-0.4, -0.2) is 47.5 Å². The molecule has 2 heterocycles. The highest BCUT2D eigenvalue weighted by atomic mass is 19.1. The minimum atomic E-state index is -0.525. The SMILES string of the molecule is CC(C)(C)O.Cc1nc(N)c(-c2ccc(OCCc3ccc(F)cc3)c(F)c2)c(N2CCC(C)(C)CC2)c1CC(=O)OC(C)C. The number of esters is 1. The maximum Gasteiger partial charge on any atom is 0.310 e. The average molecular weight is 626 g/mol. The molecular formula is C36H49F2N3O4. The van der Waals surface area contributed by atoms with Crippen LogP contribution in [-0.2, 0) is 22.4 Å². The van der Waals surface area contributed by atoms with E-state index in [9.17, 15) is 9.18 Å². The molecule has 3 aromatic rings. The number of halogens is 2. The smallest absolute Gasteiger partial charge is 0.310 e. The molecule has 0 bridgehead atoms. The lowest BCUT2D eigenvalue weighted by atomic mass is 9.82. The molecule has 1 aliphatic rings. The van der Waals surface area contributed by atoms with Gasteiger partial charge in [0.2, 0.25) is 0 Å². The Morgan fingerprint density at radius 1 is 1.09 bits per heavy atom. The molecule has 0 aliphatic carbocycles. The van der Waals surface area contributed by atoms with Crippen molar-refractivity contribution in [3.63, 3.8) is 0 Å². The Morgan fingerprint density at radius 2 is 1.69 bits per heavy atom. The summed E-state index contributed by atoms with van der Waals surface area (Å²) in [6, 6.07) is 10.9. The van der Waals surface area contributed by atoms with Gasteiger partial charge in [-0.05, 0) is 95.2 Å². The van der Waals surface area contributed by atoms with Gasteiger partial charge in [0.15, 0.2) is 11.6 Å². The highest BCUT2D eigenvalue weighted by Crippen LogP contribution is 2.43. The van der Waals surface area contributed by atoms with Crippen molar-refractivity contribution in [1.82, 2.24) is 4.98 Å². The Bertz CT molecular complexity index is 1430. The van der Waals surface area contributed by atoms with Gasteiger partial charge in [0, 0.05) is 36.3 Å². The van der Waals surface area contributed by atoms with Crippen LogP contribution in [0.5, 0.6) is 5.75 Å². The van der Waals surface area contributed by atoms with E-state index in [1.807, 2.05) is 20.8 Å². The van der Waals surface area contributed by atoms with E-state index in [1.165, 1.54) is 18.2 Å². The Kier molecular flexibility index (Phi) is 12.0. The van der Waals surface area contributed by atoms with E-state index in [0.717, 1.165) is 42.7 Å². The van der Waals surface area contributed by atoms with Crippen molar-refractivity contribution in [2.75, 3.05) is 30.3 Å². The summed E-state index contributed by atoms with van der Waals surface area (Å²) in [6.07, 6.45) is 2.27. The zero-order chi connectivity index (χ0) is 33.5. The Morgan fingerprint density at radius 3 is 2.24 bits per heavy atom. The number of nitrogens with zero attached hydrogens (tertiary/aromatic N) is 2. The van der Waals surface area contributed by atoms with Gasteiger partial charge in [-0.3, -0.25) is 4.79 Å². The summed E-state index contributed by atoms with van der Waals surface area (Å²) in [5.41, 5.74) is 10.5. The predicted octanol–water partition coefficient (Wildman–Crippen LogP) is 7.44. The van der Waals surface area contributed by atoms with Crippen molar-refractivity contribution in [1.29, 1.82) is 0 Å². The quantitative estimate of drug-likeness (QED) is 0.239. The van der Waals surface area contributed by atoms with Crippen LogP contribution >= 0.6 is 0 Å². The van der Waals surface area contributed by atoms with Crippen LogP contribution in [0.1, 0.15) is 78.1 Å². The number of rotatable bonds is 9. The molecular weight excluding hydrogens is 576 g/mol. The zero-order valence-corrected chi connectivity index (χ0v) is 28.0. The Labute approximate surface area is 266 Å². The molecule has 0 radical (unpaired) electrons. The third-order valence-corrected chi connectivity index (χ3v) is 7.41. The highest BCUT2D eigenvalue weighted by molar-refractivity contribution is 5.91. The van der Waals surface area contributed by atoms with Crippen molar-refractivity contribution < 1.29 is 28.2 Å². The van der Waals surface area contributed by atoms with E-state index in [-0.39, 0.29) is 47.9 Å². The maximum atomic E-state index is 15.3. The van der Waals surface area contributed by atoms with Gasteiger partial charge in [0.05, 0.1) is 30.4 Å². The number of aromatic nitrogens is 1. The number of piperidine rings is 1. The Hall–Kier alpha value is -3.72. The molecule has 1 fully saturated rings. The van der Waals surface area contributed by atoms with Crippen LogP contribution in [0.4, 0.5) is 20.3 Å². The molecule has 2 aromatic carbocycles. The van der Waals surface area contributed by atoms with Gasteiger partial charge in [0.1, 0.15) is 11.6 Å². The largest absolute Gasteiger partial charge is 0.490 e. The van der Waals surface area contributed by atoms with Gasteiger partial charge in [-0.25, -0.2) is 13.8 Å². The van der Waals surface area contributed by atoms with Crippen molar-refractivity contribution in [3.8, 4) is 16.9 Å². The minimum absolute atomic E-state index is 0.0482. The first-order valence-electron chi connectivity index (χ1n) is 15.6. The molecule has 0 atom stereocenters. The number of aryl methyl sites for hydroxylation is 1. The molecule has 1 aromatic heterocycles. The minimum Gasteiger partial charge on any atom is -0.490 e. The van der Waals surface area contributed by atoms with Crippen LogP contribution in [0, 0.1) is 24.0 Å². The number of nitrogen functional groups attached to an aromatic ring is 1. The van der Waals surface area contributed by atoms with Gasteiger partial charge in [-0.15, -0.1) is 0 Å². The van der Waals surface area contributed by atoms with E-state index in [1.54, 1.807) is 45.0 Å². The number of nitrogens with two attached hydrogens (primary N) is 1. The monoisotopic (exact) mass is 625 g/mol. The maximum absolute atomic E-state index is 15.3. The summed E-state index contributed by atoms with van der Waals surface area (Å²) < 4.78 is 39.7. The third kappa shape index (κ3) is 11.0. The predicted molar refractivity (Wildman–Crippen MR) is 177 cm³/mol. The molecule has 0 amide bonds. The number of hydrogen-bond donors (Lipinski definition) is 2. The summed E-state index contributed by atoms with van der Waals surface area (Å²) in [5.74, 6) is -0.772. The number of benzene rings is 2. The van der Waals surface area contributed by atoms with Crippen molar-refractivity contribution in [2.24, 2.45) is 5.41 Å². The number of carbonyl (C=O) groups is 1. The molecule has 0 saturated carbocycles. The van der Waals surface area contributed by atoms with E-state index in [4.69, 9.17) is 20.3 Å². The molecule has 0 unspecified atom stereocenters. The lowest BCUT2D eigenvalue weighted by Gasteiger charge is -2.40. The van der Waals surface area contributed by atoms with Crippen molar-refractivity contribution >= 4 is 17.5 Å². The van der Waals surface area contributed by atoms with Gasteiger partial charge in [-0.2, -0.15) is 0 Å². The van der Waals surface area contributed by atoms with E-state index in [0.29, 0.717) is 23.2 Å². The van der Waals surface area contributed by atoms with Crippen LogP contribution in [0.25, 0.3) is 11.1 Å². The average Bonchev–Trinajstić information content (AvgIpc) is 2.91. The second-order valence-corrected chi connectivity index (χ2v) is 13.7. The number of anilines is 2. The number of aliphatic hydroxyl groups is 1. The summed E-state index contributed by atoms with van der Waals surface area (Å²) in [6.45, 7) is 17.0. The molecule has 45 heavy (non-hydrogen) atoms. The topological polar surface area (TPSA) is 97.9 Å². The second kappa shape index (κ2) is 15.0. The first-order valence-corrected chi connectivity index (χ1v) is 15.6. The van der Waals surface area contributed by atoms with Gasteiger partial charge >= 0.3 is 5.97 Å². The summed E-state index contributed by atoms with van der Waals surface area (Å²) in [7, 11) is 0. The molecule has 7 nitrogen and oxygen atoms in total. The van der Waals surface area contributed by atoms with Gasteiger partial charge in [-0.1, -0.05) is 32.0 Å². The number of pyridine rings is 1. The lowest BCUT2D eigenvalue weighted by molar-refractivity contribution is -0.146. The lowest BCUT2D eigenvalue weighted by Crippen LogP contribution is -2.38. The number of hydrogen-bond acceptors (Lipinski definition) is 7. The summed E-state index contributed by atoms with van der Waals surface area (Å²) >= 11 is 0. The van der Waals surface area contributed by atoms with Gasteiger partial charge < -0.3 is 25.2 Å². The third-order valence-electron chi connectivity index (χ3n) is 7.41.